The number of aliphatic hydroxyl groups excluding tert-OH is 1. The molecule has 1 unspecified atom stereocenters. The summed E-state index contributed by atoms with van der Waals surface area (Å²) in [4.78, 5) is 0. The van der Waals surface area contributed by atoms with E-state index in [1.165, 1.54) is 25.7 Å². The van der Waals surface area contributed by atoms with Gasteiger partial charge in [-0.3, -0.25) is 0 Å². The van der Waals surface area contributed by atoms with E-state index in [1.54, 1.807) is 0 Å². The average molecular weight is 169 g/mol. The molecule has 0 bridgehead atoms. The number of hydrogen-bond donors (Lipinski definition) is 2. The third kappa shape index (κ3) is 1.80. The van der Waals surface area contributed by atoms with Gasteiger partial charge >= 0.3 is 0 Å². The summed E-state index contributed by atoms with van der Waals surface area (Å²) in [6.45, 7) is 0. The molecule has 12 heavy (non-hydrogen) atoms. The summed E-state index contributed by atoms with van der Waals surface area (Å²) in [6, 6.07) is 0. The lowest BCUT2D eigenvalue weighted by Crippen LogP contribution is -2.31. The van der Waals surface area contributed by atoms with Gasteiger partial charge < -0.3 is 10.8 Å². The standard InChI is InChI=1S/C10H19NO/c11-10(5-6-10)7-9(12)8-3-1-2-4-8/h8-9,12H,1-7,11H2. The molecule has 2 fully saturated rings. The third-order valence-electron chi connectivity index (χ3n) is 3.45. The zero-order valence-electron chi connectivity index (χ0n) is 7.63. The van der Waals surface area contributed by atoms with Crippen molar-refractivity contribution in [1.82, 2.24) is 0 Å². The molecule has 2 rings (SSSR count). The molecule has 0 aliphatic heterocycles. The van der Waals surface area contributed by atoms with E-state index in [9.17, 15) is 5.11 Å². The lowest BCUT2D eigenvalue weighted by Gasteiger charge is -2.20. The van der Waals surface area contributed by atoms with Crippen LogP contribution in [0.4, 0.5) is 0 Å². The van der Waals surface area contributed by atoms with Crippen LogP contribution >= 0.6 is 0 Å². The molecule has 0 spiro atoms. The maximum absolute atomic E-state index is 9.84. The number of aliphatic hydroxyl groups is 1. The summed E-state index contributed by atoms with van der Waals surface area (Å²) in [5.74, 6) is 0.561. The summed E-state index contributed by atoms with van der Waals surface area (Å²) >= 11 is 0. The van der Waals surface area contributed by atoms with Crippen molar-refractivity contribution in [2.45, 2.75) is 56.6 Å². The van der Waals surface area contributed by atoms with Crippen molar-refractivity contribution in [2.75, 3.05) is 0 Å². The summed E-state index contributed by atoms with van der Waals surface area (Å²) in [5.41, 5.74) is 5.98. The van der Waals surface area contributed by atoms with E-state index < -0.39 is 0 Å². The summed E-state index contributed by atoms with van der Waals surface area (Å²) < 4.78 is 0. The molecule has 2 aliphatic carbocycles. The van der Waals surface area contributed by atoms with E-state index in [4.69, 9.17) is 5.73 Å². The Morgan fingerprint density at radius 1 is 1.33 bits per heavy atom. The SMILES string of the molecule is NC1(CC(O)C2CCCC2)CC1. The molecule has 0 aromatic rings. The van der Waals surface area contributed by atoms with Gasteiger partial charge in [0.25, 0.3) is 0 Å². The zero-order chi connectivity index (χ0) is 8.60. The minimum atomic E-state index is -0.111. The first kappa shape index (κ1) is 8.52. The molecule has 0 heterocycles. The first-order chi connectivity index (χ1) is 5.70. The number of rotatable bonds is 3. The molecule has 2 heteroatoms. The summed E-state index contributed by atoms with van der Waals surface area (Å²) in [7, 11) is 0. The molecule has 0 amide bonds. The second-order valence-electron chi connectivity index (χ2n) is 4.68. The fourth-order valence-electron chi connectivity index (χ4n) is 2.29. The molecule has 2 saturated carbocycles. The van der Waals surface area contributed by atoms with Crippen LogP contribution in [0.25, 0.3) is 0 Å². The van der Waals surface area contributed by atoms with E-state index in [1.807, 2.05) is 0 Å². The van der Waals surface area contributed by atoms with Crippen molar-refractivity contribution in [3.05, 3.63) is 0 Å². The highest BCUT2D eigenvalue weighted by Gasteiger charge is 2.41. The minimum Gasteiger partial charge on any atom is -0.393 e. The summed E-state index contributed by atoms with van der Waals surface area (Å²) in [6.07, 6.45) is 8.03. The van der Waals surface area contributed by atoms with Gasteiger partial charge in [-0.15, -0.1) is 0 Å². The highest BCUT2D eigenvalue weighted by Crippen LogP contribution is 2.40. The van der Waals surface area contributed by atoms with Gasteiger partial charge in [-0.05, 0) is 38.0 Å². The van der Waals surface area contributed by atoms with Crippen molar-refractivity contribution in [3.8, 4) is 0 Å². The molecule has 1 atom stereocenters. The van der Waals surface area contributed by atoms with Crippen molar-refractivity contribution in [2.24, 2.45) is 11.7 Å². The Labute approximate surface area is 74.1 Å². The average Bonchev–Trinajstić information content (AvgIpc) is 2.55. The molecule has 0 radical (unpaired) electrons. The Morgan fingerprint density at radius 2 is 1.92 bits per heavy atom. The monoisotopic (exact) mass is 169 g/mol. The van der Waals surface area contributed by atoms with Crippen molar-refractivity contribution >= 4 is 0 Å². The topological polar surface area (TPSA) is 46.2 Å². The number of hydrogen-bond acceptors (Lipinski definition) is 2. The van der Waals surface area contributed by atoms with Gasteiger partial charge in [0.15, 0.2) is 0 Å². The molecule has 70 valence electrons. The van der Waals surface area contributed by atoms with Crippen molar-refractivity contribution in [1.29, 1.82) is 0 Å². The normalized spacial score (nSPS) is 30.5. The maximum Gasteiger partial charge on any atom is 0.0585 e. The summed E-state index contributed by atoms with van der Waals surface area (Å²) in [5, 5.41) is 9.84. The second-order valence-corrected chi connectivity index (χ2v) is 4.68. The highest BCUT2D eigenvalue weighted by molar-refractivity contribution is 5.01. The van der Waals surface area contributed by atoms with E-state index in [2.05, 4.69) is 0 Å². The quantitative estimate of drug-likeness (QED) is 0.671. The Hall–Kier alpha value is -0.0800. The predicted molar refractivity (Wildman–Crippen MR) is 48.7 cm³/mol. The van der Waals surface area contributed by atoms with Gasteiger partial charge in [0.05, 0.1) is 6.10 Å². The highest BCUT2D eigenvalue weighted by atomic mass is 16.3. The van der Waals surface area contributed by atoms with E-state index in [0.717, 1.165) is 19.3 Å². The van der Waals surface area contributed by atoms with Crippen LogP contribution < -0.4 is 5.73 Å². The Bertz CT molecular complexity index is 159. The molecule has 0 aromatic carbocycles. The molecular weight excluding hydrogens is 150 g/mol. The maximum atomic E-state index is 9.84. The fourth-order valence-corrected chi connectivity index (χ4v) is 2.29. The van der Waals surface area contributed by atoms with Gasteiger partial charge in [0.2, 0.25) is 0 Å². The van der Waals surface area contributed by atoms with E-state index in [0.29, 0.717) is 5.92 Å². The number of nitrogens with two attached hydrogens (primary N) is 1. The van der Waals surface area contributed by atoms with Crippen LogP contribution in [0.5, 0.6) is 0 Å². The zero-order valence-corrected chi connectivity index (χ0v) is 7.63. The molecule has 0 aromatic heterocycles. The Morgan fingerprint density at radius 3 is 2.42 bits per heavy atom. The first-order valence-corrected chi connectivity index (χ1v) is 5.17. The molecule has 0 saturated heterocycles. The van der Waals surface area contributed by atoms with Crippen LogP contribution in [-0.4, -0.2) is 16.7 Å². The van der Waals surface area contributed by atoms with Gasteiger partial charge in [0, 0.05) is 5.54 Å². The van der Waals surface area contributed by atoms with Crippen molar-refractivity contribution < 1.29 is 5.11 Å². The second kappa shape index (κ2) is 3.00. The van der Waals surface area contributed by atoms with Crippen LogP contribution in [0.2, 0.25) is 0 Å². The first-order valence-electron chi connectivity index (χ1n) is 5.17. The molecule has 2 nitrogen and oxygen atoms in total. The molecular formula is C10H19NO. The fraction of sp³-hybridized carbons (Fsp3) is 1.00. The van der Waals surface area contributed by atoms with Crippen LogP contribution in [0.15, 0.2) is 0 Å². The molecule has 3 N–H and O–H groups in total. The third-order valence-corrected chi connectivity index (χ3v) is 3.45. The van der Waals surface area contributed by atoms with Crippen molar-refractivity contribution in [3.63, 3.8) is 0 Å². The van der Waals surface area contributed by atoms with Gasteiger partial charge in [-0.25, -0.2) is 0 Å². The van der Waals surface area contributed by atoms with Crippen LogP contribution in [-0.2, 0) is 0 Å². The molecule has 2 aliphatic rings. The predicted octanol–water partition coefficient (Wildman–Crippen LogP) is 1.42. The van der Waals surface area contributed by atoms with Gasteiger partial charge in [0.1, 0.15) is 0 Å². The Kier molecular flexibility index (Phi) is 2.13. The van der Waals surface area contributed by atoms with Crippen LogP contribution in [0.3, 0.4) is 0 Å². The van der Waals surface area contributed by atoms with Gasteiger partial charge in [-0.1, -0.05) is 12.8 Å². The largest absolute Gasteiger partial charge is 0.393 e. The van der Waals surface area contributed by atoms with E-state index in [-0.39, 0.29) is 11.6 Å². The minimum absolute atomic E-state index is 0.0298. The smallest absolute Gasteiger partial charge is 0.0585 e. The van der Waals surface area contributed by atoms with Crippen LogP contribution in [0.1, 0.15) is 44.9 Å². The van der Waals surface area contributed by atoms with Crippen LogP contribution in [0, 0.1) is 5.92 Å². The lowest BCUT2D eigenvalue weighted by atomic mass is 9.94. The Balaban J connectivity index is 1.79. The van der Waals surface area contributed by atoms with Gasteiger partial charge in [-0.2, -0.15) is 0 Å². The van der Waals surface area contributed by atoms with E-state index >= 15 is 0 Å². The lowest BCUT2D eigenvalue weighted by molar-refractivity contribution is 0.0920.